The molecule has 0 unspecified atom stereocenters. The molecule has 0 bridgehead atoms. The van der Waals surface area contributed by atoms with Crippen molar-refractivity contribution < 1.29 is 37.0 Å². The van der Waals surface area contributed by atoms with Crippen LogP contribution in [-0.4, -0.2) is 61.3 Å². The lowest BCUT2D eigenvalue weighted by Gasteiger charge is -2.46. The minimum Gasteiger partial charge on any atom is -0.490 e. The predicted molar refractivity (Wildman–Crippen MR) is 149 cm³/mol. The molecule has 2 aromatic carbocycles. The number of rotatable bonds is 7. The Hall–Kier alpha value is -3.47. The van der Waals surface area contributed by atoms with Gasteiger partial charge in [-0.3, -0.25) is 14.5 Å². The molecule has 2 amide bonds. The van der Waals surface area contributed by atoms with Crippen molar-refractivity contribution in [3.63, 3.8) is 0 Å². The van der Waals surface area contributed by atoms with Crippen LogP contribution in [0.25, 0.3) is 0 Å². The zero-order valence-corrected chi connectivity index (χ0v) is 24.1. The van der Waals surface area contributed by atoms with Gasteiger partial charge in [0, 0.05) is 30.8 Å². The molecule has 5 rings (SSSR count). The molecular weight excluding hydrogens is 539 g/mol. The molecule has 3 aliphatic rings. The number of nitrogens with zero attached hydrogens (tertiary/aromatic N) is 1. The molecule has 0 aromatic heterocycles. The first kappa shape index (κ1) is 32.0. The summed E-state index contributed by atoms with van der Waals surface area (Å²) in [6.07, 6.45) is -0.508. The van der Waals surface area contributed by atoms with E-state index in [1.54, 1.807) is 0 Å². The molecule has 0 spiro atoms. The second kappa shape index (κ2) is 15.0. The Bertz CT molecular complexity index is 1150. The van der Waals surface area contributed by atoms with Crippen LogP contribution in [-0.2, 0) is 11.0 Å². The second-order valence-electron chi connectivity index (χ2n) is 9.54. The van der Waals surface area contributed by atoms with Crippen LogP contribution in [0.1, 0.15) is 69.3 Å². The van der Waals surface area contributed by atoms with Gasteiger partial charge in [-0.15, -0.1) is 0 Å². The third-order valence-corrected chi connectivity index (χ3v) is 6.94. The fourth-order valence-corrected chi connectivity index (χ4v) is 4.95. The predicted octanol–water partition coefficient (Wildman–Crippen LogP) is 5.41. The number of hydrogen-bond donors (Lipinski definition) is 2. The third-order valence-electron chi connectivity index (χ3n) is 6.94. The highest BCUT2D eigenvalue weighted by Gasteiger charge is 2.36. The monoisotopic (exact) mass is 579 g/mol. The summed E-state index contributed by atoms with van der Waals surface area (Å²) in [6.45, 7) is 9.39. The maximum atomic E-state index is 12.8. The van der Waals surface area contributed by atoms with Crippen molar-refractivity contribution in [1.82, 2.24) is 15.5 Å². The summed E-state index contributed by atoms with van der Waals surface area (Å²) in [7, 11) is 0. The van der Waals surface area contributed by atoms with E-state index >= 15 is 0 Å². The number of alkyl halides is 3. The minimum atomic E-state index is -4.54. The number of carbonyl (C=O) groups excluding carboxylic acids is 2. The molecule has 2 N–H and O–H groups in total. The van der Waals surface area contributed by atoms with Gasteiger partial charge < -0.3 is 24.8 Å². The van der Waals surface area contributed by atoms with E-state index in [0.717, 1.165) is 68.5 Å². The first-order valence-electron chi connectivity index (χ1n) is 14.3. The van der Waals surface area contributed by atoms with Gasteiger partial charge in [0.2, 0.25) is 12.7 Å². The summed E-state index contributed by atoms with van der Waals surface area (Å²) in [5.41, 5.74) is -1.05. The molecule has 226 valence electrons. The molecule has 2 aromatic rings. The van der Waals surface area contributed by atoms with E-state index in [-0.39, 0.29) is 37.0 Å². The fourth-order valence-electron chi connectivity index (χ4n) is 4.95. The number of likely N-dealkylation sites (tertiary alicyclic amines) is 1. The van der Waals surface area contributed by atoms with Crippen LogP contribution < -0.4 is 24.8 Å². The molecule has 11 heteroatoms. The van der Waals surface area contributed by atoms with Crippen LogP contribution in [0.4, 0.5) is 13.2 Å². The van der Waals surface area contributed by atoms with E-state index in [4.69, 9.17) is 14.2 Å². The topological polar surface area (TPSA) is 89.1 Å². The average Bonchev–Trinajstić information content (AvgIpc) is 3.44. The van der Waals surface area contributed by atoms with Crippen LogP contribution in [0.5, 0.6) is 17.2 Å². The van der Waals surface area contributed by atoms with Crippen LogP contribution in [0.2, 0.25) is 0 Å². The Morgan fingerprint density at radius 1 is 0.951 bits per heavy atom. The Morgan fingerprint density at radius 3 is 2.32 bits per heavy atom. The first-order chi connectivity index (χ1) is 19.7. The summed E-state index contributed by atoms with van der Waals surface area (Å²) in [5.74, 6) is 1.12. The van der Waals surface area contributed by atoms with Gasteiger partial charge in [0.15, 0.2) is 11.5 Å². The number of carbonyl (C=O) groups is 2. The van der Waals surface area contributed by atoms with Crippen molar-refractivity contribution in [1.29, 1.82) is 0 Å². The van der Waals surface area contributed by atoms with Gasteiger partial charge in [0.1, 0.15) is 5.75 Å². The smallest absolute Gasteiger partial charge is 0.416 e. The molecule has 2 aliphatic heterocycles. The van der Waals surface area contributed by atoms with E-state index < -0.39 is 17.6 Å². The quantitative estimate of drug-likeness (QED) is 0.456. The highest BCUT2D eigenvalue weighted by atomic mass is 19.4. The van der Waals surface area contributed by atoms with E-state index in [1.807, 2.05) is 45.9 Å². The highest BCUT2D eigenvalue weighted by molar-refractivity contribution is 5.96. The van der Waals surface area contributed by atoms with Gasteiger partial charge in [-0.05, 0) is 56.0 Å². The van der Waals surface area contributed by atoms with Crippen molar-refractivity contribution in [2.75, 3.05) is 26.4 Å². The Balaban J connectivity index is 0.00000111. The van der Waals surface area contributed by atoms with Crippen molar-refractivity contribution in [2.24, 2.45) is 0 Å². The lowest BCUT2D eigenvalue weighted by atomic mass is 9.89. The second-order valence-corrected chi connectivity index (χ2v) is 9.54. The molecule has 1 saturated heterocycles. The zero-order valence-electron chi connectivity index (χ0n) is 24.1. The first-order valence-corrected chi connectivity index (χ1v) is 14.3. The summed E-state index contributed by atoms with van der Waals surface area (Å²) in [4.78, 5) is 26.7. The highest BCUT2D eigenvalue weighted by Crippen LogP contribution is 2.37. The molecule has 41 heavy (non-hydrogen) atoms. The normalized spacial score (nSPS) is 19.9. The van der Waals surface area contributed by atoms with Gasteiger partial charge in [-0.2, -0.15) is 13.2 Å². The molecule has 0 atom stereocenters. The summed E-state index contributed by atoms with van der Waals surface area (Å²) in [6, 6.07) is 10.1. The van der Waals surface area contributed by atoms with Gasteiger partial charge in [0.25, 0.3) is 5.91 Å². The molecule has 2 heterocycles. The minimum absolute atomic E-state index is 0.0134. The Labute approximate surface area is 239 Å². The number of nitrogens with one attached hydrogen (secondary N) is 2. The van der Waals surface area contributed by atoms with E-state index in [0.29, 0.717) is 11.8 Å². The molecule has 0 radical (unpaired) electrons. The van der Waals surface area contributed by atoms with Crippen LogP contribution >= 0.6 is 0 Å². The van der Waals surface area contributed by atoms with Gasteiger partial charge in [-0.25, -0.2) is 0 Å². The maximum Gasteiger partial charge on any atom is 0.416 e. The van der Waals surface area contributed by atoms with E-state index in [1.165, 1.54) is 6.07 Å². The standard InChI is InChI=1S/C26H28F3N3O5.2C2H6/c27-26(28,29)17-3-1-2-16(10-17)25(34)30-12-24(33)31-18-13-32(14-18)19-4-6-20(7-5-19)37-21-8-9-22-23(11-21)36-15-35-22;2*1-2/h1-3,8-11,18-20H,4-7,12-15H2,(H,30,34)(H,31,33);2*1-2H3. The number of fused-ring (bicyclic) bond motifs is 1. The van der Waals surface area contributed by atoms with Gasteiger partial charge >= 0.3 is 6.18 Å². The zero-order chi connectivity index (χ0) is 30.0. The van der Waals surface area contributed by atoms with E-state index in [9.17, 15) is 22.8 Å². The number of ether oxygens (including phenoxy) is 3. The maximum absolute atomic E-state index is 12.8. The number of amides is 2. The number of hydrogen-bond acceptors (Lipinski definition) is 6. The molecular formula is C30H40F3N3O5. The van der Waals surface area contributed by atoms with Crippen LogP contribution in [0.15, 0.2) is 42.5 Å². The van der Waals surface area contributed by atoms with E-state index in [2.05, 4.69) is 15.5 Å². The van der Waals surface area contributed by atoms with Crippen molar-refractivity contribution in [2.45, 2.75) is 77.7 Å². The summed E-state index contributed by atoms with van der Waals surface area (Å²) >= 11 is 0. The molecule has 2 fully saturated rings. The number of halogens is 3. The molecule has 1 saturated carbocycles. The van der Waals surface area contributed by atoms with Gasteiger partial charge in [-0.1, -0.05) is 33.8 Å². The summed E-state index contributed by atoms with van der Waals surface area (Å²) < 4.78 is 55.4. The van der Waals surface area contributed by atoms with Crippen LogP contribution in [0.3, 0.4) is 0 Å². The largest absolute Gasteiger partial charge is 0.490 e. The fraction of sp³-hybridized carbons (Fsp3) is 0.533. The average molecular weight is 580 g/mol. The number of benzene rings is 2. The third kappa shape index (κ3) is 8.76. The SMILES string of the molecule is CC.CC.O=C(CNC(=O)c1cccc(C(F)(F)F)c1)NC1CN(C2CCC(Oc3ccc4c(c3)OCO4)CC2)C1. The van der Waals surface area contributed by atoms with Crippen molar-refractivity contribution in [3.05, 3.63) is 53.6 Å². The molecule has 8 nitrogen and oxygen atoms in total. The Kier molecular flexibility index (Phi) is 11.7. The van der Waals surface area contributed by atoms with Crippen molar-refractivity contribution >= 4 is 11.8 Å². The summed E-state index contributed by atoms with van der Waals surface area (Å²) in [5, 5.41) is 5.25. The lowest BCUT2D eigenvalue weighted by Crippen LogP contribution is -2.63. The van der Waals surface area contributed by atoms with Crippen LogP contribution in [0, 0.1) is 0 Å². The van der Waals surface area contributed by atoms with Crippen molar-refractivity contribution in [3.8, 4) is 17.2 Å². The lowest BCUT2D eigenvalue weighted by molar-refractivity contribution is -0.137. The van der Waals surface area contributed by atoms with Gasteiger partial charge in [0.05, 0.1) is 24.3 Å². The molecule has 1 aliphatic carbocycles. The Morgan fingerprint density at radius 2 is 1.63 bits per heavy atom.